The van der Waals surface area contributed by atoms with E-state index in [2.05, 4.69) is 4.74 Å². The lowest BCUT2D eigenvalue weighted by Gasteiger charge is -2.57. The lowest BCUT2D eigenvalue weighted by Crippen LogP contribution is -2.52. The zero-order valence-electron chi connectivity index (χ0n) is 13.6. The number of aliphatic hydroxyl groups is 1. The number of hydrogen-bond acceptors (Lipinski definition) is 6. The van der Waals surface area contributed by atoms with Gasteiger partial charge in [-0.3, -0.25) is 4.55 Å². The zero-order chi connectivity index (χ0) is 18.5. The second-order valence-corrected chi connectivity index (χ2v) is 9.09. The molecule has 25 heavy (non-hydrogen) atoms. The smallest absolute Gasteiger partial charge is 0.458 e. The lowest BCUT2D eigenvalue weighted by molar-refractivity contribution is -0.231. The molecule has 0 radical (unpaired) electrons. The Hall–Kier alpha value is -0.840. The first kappa shape index (κ1) is 18.9. The van der Waals surface area contributed by atoms with Gasteiger partial charge in [0.2, 0.25) is 0 Å². The average molecular weight is 384 g/mol. The van der Waals surface area contributed by atoms with E-state index < -0.39 is 34.2 Å². The summed E-state index contributed by atoms with van der Waals surface area (Å²) in [6, 6.07) is 0. The van der Waals surface area contributed by atoms with Crippen molar-refractivity contribution in [3.05, 3.63) is 0 Å². The molecule has 4 fully saturated rings. The van der Waals surface area contributed by atoms with Crippen LogP contribution in [0, 0.1) is 23.2 Å². The van der Waals surface area contributed by atoms with Crippen molar-refractivity contribution in [1.82, 2.24) is 0 Å². The number of halogens is 2. The molecular weight excluding hydrogens is 362 g/mol. The lowest BCUT2D eigenvalue weighted by atomic mass is 9.49. The Bertz CT molecular complexity index is 599. The molecule has 7 nitrogen and oxygen atoms in total. The van der Waals surface area contributed by atoms with Crippen LogP contribution in [0.4, 0.5) is 8.78 Å². The van der Waals surface area contributed by atoms with Crippen LogP contribution in [-0.4, -0.2) is 48.8 Å². The van der Waals surface area contributed by atoms with Gasteiger partial charge in [0.1, 0.15) is 6.61 Å². The summed E-state index contributed by atoms with van der Waals surface area (Å²) in [6.07, 6.45) is 5.13. The Labute approximate surface area is 144 Å². The summed E-state index contributed by atoms with van der Waals surface area (Å²) in [5, 5.41) is 5.40. The van der Waals surface area contributed by atoms with Gasteiger partial charge in [0.05, 0.1) is 6.61 Å². The molecule has 10 heteroatoms. The number of aliphatic hydroxyl groups excluding tert-OH is 1. The topological polar surface area (TPSA) is 110 Å². The molecule has 4 saturated carbocycles. The van der Waals surface area contributed by atoms with Gasteiger partial charge in [0, 0.05) is 5.41 Å². The molecule has 4 rings (SSSR count). The molecule has 0 heterocycles. The van der Waals surface area contributed by atoms with Crippen molar-refractivity contribution in [2.75, 3.05) is 13.2 Å². The van der Waals surface area contributed by atoms with Gasteiger partial charge in [-0.2, -0.15) is 17.2 Å². The molecule has 0 aromatic rings. The summed E-state index contributed by atoms with van der Waals surface area (Å²) in [6.45, 7) is -0.983. The molecule has 2 N–H and O–H groups in total. The molecular formula is C15H22F2O7S. The number of ether oxygens (including phenoxy) is 2. The molecule has 4 bridgehead atoms. The fourth-order valence-corrected chi connectivity index (χ4v) is 5.41. The third-order valence-corrected chi connectivity index (χ3v) is 6.58. The predicted molar refractivity (Wildman–Crippen MR) is 80.0 cm³/mol. The van der Waals surface area contributed by atoms with E-state index in [1.165, 1.54) is 19.3 Å². The maximum Gasteiger partial charge on any atom is 0.465 e. The predicted octanol–water partition coefficient (Wildman–Crippen LogP) is 1.56. The highest BCUT2D eigenvalue weighted by Crippen LogP contribution is 2.61. The summed E-state index contributed by atoms with van der Waals surface area (Å²) in [7, 11) is -5.88. The van der Waals surface area contributed by atoms with Gasteiger partial charge < -0.3 is 14.6 Å². The molecule has 0 aromatic heterocycles. The van der Waals surface area contributed by atoms with E-state index in [9.17, 15) is 27.1 Å². The number of alkyl halides is 2. The molecule has 144 valence electrons. The van der Waals surface area contributed by atoms with Gasteiger partial charge in [-0.1, -0.05) is 0 Å². The molecule has 0 aromatic carbocycles. The quantitative estimate of drug-likeness (QED) is 0.297. The number of hydrogen-bond donors (Lipinski definition) is 2. The minimum absolute atomic E-state index is 0.322. The van der Waals surface area contributed by atoms with Crippen molar-refractivity contribution >= 4 is 16.1 Å². The van der Waals surface area contributed by atoms with E-state index in [1.54, 1.807) is 0 Å². The summed E-state index contributed by atoms with van der Waals surface area (Å²) in [4.78, 5) is 11.0. The van der Waals surface area contributed by atoms with E-state index in [1.807, 2.05) is 0 Å². The Kier molecular flexibility index (Phi) is 4.85. The minimum Gasteiger partial charge on any atom is -0.458 e. The Morgan fingerprint density at radius 1 is 1.12 bits per heavy atom. The first-order valence-electron chi connectivity index (χ1n) is 8.35. The van der Waals surface area contributed by atoms with Crippen LogP contribution in [0.5, 0.6) is 0 Å². The van der Waals surface area contributed by atoms with Crippen molar-refractivity contribution in [1.29, 1.82) is 0 Å². The zero-order valence-corrected chi connectivity index (χ0v) is 14.4. The molecule has 0 amide bonds. The Balaban J connectivity index is 1.47. The van der Waals surface area contributed by atoms with Crippen LogP contribution >= 0.6 is 0 Å². The molecule has 0 spiro atoms. The third-order valence-electron chi connectivity index (χ3n) is 5.76. The minimum atomic E-state index is -5.88. The van der Waals surface area contributed by atoms with Crippen LogP contribution in [0.1, 0.15) is 38.5 Å². The van der Waals surface area contributed by atoms with Crippen molar-refractivity contribution < 1.29 is 41.1 Å². The highest BCUT2D eigenvalue weighted by Gasteiger charge is 2.55. The van der Waals surface area contributed by atoms with E-state index in [-0.39, 0.29) is 12.0 Å². The van der Waals surface area contributed by atoms with Crippen LogP contribution in [0.3, 0.4) is 0 Å². The Morgan fingerprint density at radius 3 is 2.04 bits per heavy atom. The molecule has 0 saturated heterocycles. The monoisotopic (exact) mass is 384 g/mol. The van der Waals surface area contributed by atoms with Gasteiger partial charge in [0.15, 0.2) is 6.29 Å². The maximum absolute atomic E-state index is 13.0. The number of carbonyl (C=O) groups excluding carboxylic acids is 1. The van der Waals surface area contributed by atoms with Crippen LogP contribution in [0.2, 0.25) is 0 Å². The second-order valence-electron chi connectivity index (χ2n) is 7.63. The van der Waals surface area contributed by atoms with Crippen molar-refractivity contribution in [3.8, 4) is 0 Å². The maximum atomic E-state index is 13.0. The third kappa shape index (κ3) is 3.54. The molecule has 4 aliphatic carbocycles. The average Bonchev–Trinajstić information content (AvgIpc) is 2.48. The molecule has 4 aliphatic rings. The normalized spacial score (nSPS) is 35.6. The van der Waals surface area contributed by atoms with Gasteiger partial charge in [0.25, 0.3) is 0 Å². The van der Waals surface area contributed by atoms with Gasteiger partial charge in [-0.15, -0.1) is 0 Å². The fraction of sp³-hybridized carbons (Fsp3) is 0.933. The highest BCUT2D eigenvalue weighted by atomic mass is 32.2. The summed E-state index contributed by atoms with van der Waals surface area (Å²) in [5.74, 6) is -0.592. The molecule has 0 aliphatic heterocycles. The van der Waals surface area contributed by atoms with E-state index in [0.717, 1.165) is 19.3 Å². The molecule has 1 unspecified atom stereocenters. The molecule has 1 atom stereocenters. The number of rotatable bonds is 7. The van der Waals surface area contributed by atoms with Crippen LogP contribution in [0.25, 0.3) is 0 Å². The second kappa shape index (κ2) is 6.40. The first-order chi connectivity index (χ1) is 11.5. The van der Waals surface area contributed by atoms with Gasteiger partial charge in [-0.25, -0.2) is 4.79 Å². The van der Waals surface area contributed by atoms with E-state index >= 15 is 0 Å². The first-order valence-corrected chi connectivity index (χ1v) is 9.79. The summed E-state index contributed by atoms with van der Waals surface area (Å²) < 4.78 is 64.6. The van der Waals surface area contributed by atoms with Crippen LogP contribution in [0.15, 0.2) is 0 Å². The SMILES string of the molecule is O=C(OCCOC(O)C12CC3CC(CC(C3)C1)C2)C(F)(F)S(=O)(=O)O. The van der Waals surface area contributed by atoms with Crippen LogP contribution < -0.4 is 0 Å². The fourth-order valence-electron chi connectivity index (χ4n) is 5.14. The van der Waals surface area contributed by atoms with Gasteiger partial charge >= 0.3 is 21.3 Å². The van der Waals surface area contributed by atoms with Crippen LogP contribution in [-0.2, 0) is 24.4 Å². The van der Waals surface area contributed by atoms with Crippen molar-refractivity contribution in [3.63, 3.8) is 0 Å². The number of esters is 1. The summed E-state index contributed by atoms with van der Waals surface area (Å²) in [5.41, 5.74) is -0.322. The van der Waals surface area contributed by atoms with E-state index in [0.29, 0.717) is 17.8 Å². The largest absolute Gasteiger partial charge is 0.465 e. The Morgan fingerprint density at radius 2 is 1.60 bits per heavy atom. The number of carbonyl (C=O) groups is 1. The van der Waals surface area contributed by atoms with Crippen molar-refractivity contribution in [2.24, 2.45) is 23.2 Å². The highest BCUT2D eigenvalue weighted by molar-refractivity contribution is 7.87. The van der Waals surface area contributed by atoms with Gasteiger partial charge in [-0.05, 0) is 56.3 Å². The standard InChI is InChI=1S/C15H22F2O7S/c16-15(17,25(20,21)22)13(19)24-2-1-23-12(18)14-6-9-3-10(7-14)5-11(4-9)8-14/h9-12,18H,1-8H2,(H,20,21,22). The van der Waals surface area contributed by atoms with E-state index in [4.69, 9.17) is 9.29 Å². The van der Waals surface area contributed by atoms with Crippen molar-refractivity contribution in [2.45, 2.75) is 50.1 Å². The summed E-state index contributed by atoms with van der Waals surface area (Å²) >= 11 is 0.